The molecule has 8 heteroatoms. The third-order valence-corrected chi connectivity index (χ3v) is 4.18. The van der Waals surface area contributed by atoms with E-state index < -0.39 is 30.1 Å². The summed E-state index contributed by atoms with van der Waals surface area (Å²) in [5, 5.41) is 2.51. The normalized spacial score (nSPS) is 10.3. The number of carbonyl (C=O) groups is 3. The Morgan fingerprint density at radius 1 is 1.08 bits per heavy atom. The van der Waals surface area contributed by atoms with Crippen LogP contribution in [0.1, 0.15) is 17.3 Å². The number of amides is 1. The smallest absolute Gasteiger partial charge is 0.316 e. The minimum atomic E-state index is -0.735. The van der Waals surface area contributed by atoms with Crippen molar-refractivity contribution in [2.45, 2.75) is 11.8 Å². The Kier molecular flexibility index (Phi) is 6.85. The Labute approximate surface area is 152 Å². The highest BCUT2D eigenvalue weighted by atomic mass is 32.2. The molecule has 0 radical (unpaired) electrons. The molecule has 136 valence electrons. The minimum Gasteiger partial charge on any atom is -0.455 e. The highest BCUT2D eigenvalue weighted by Crippen LogP contribution is 2.22. The van der Waals surface area contributed by atoms with E-state index in [1.165, 1.54) is 6.92 Å². The molecule has 0 saturated carbocycles. The first kappa shape index (κ1) is 19.6. The molecule has 2 rings (SSSR count). The first-order valence-electron chi connectivity index (χ1n) is 7.49. The summed E-state index contributed by atoms with van der Waals surface area (Å²) in [6.45, 7) is 0.917. The molecule has 0 aliphatic carbocycles. The van der Waals surface area contributed by atoms with Crippen LogP contribution in [0.4, 0.5) is 14.5 Å². The summed E-state index contributed by atoms with van der Waals surface area (Å²) in [5.74, 6) is -2.91. The zero-order valence-corrected chi connectivity index (χ0v) is 14.6. The van der Waals surface area contributed by atoms with E-state index in [2.05, 4.69) is 5.32 Å². The predicted octanol–water partition coefficient (Wildman–Crippen LogP) is 3.44. The van der Waals surface area contributed by atoms with Gasteiger partial charge in [0.05, 0.1) is 5.75 Å². The van der Waals surface area contributed by atoms with E-state index in [0.29, 0.717) is 11.3 Å². The fourth-order valence-electron chi connectivity index (χ4n) is 1.90. The van der Waals surface area contributed by atoms with Crippen molar-refractivity contribution in [2.75, 3.05) is 17.7 Å². The van der Waals surface area contributed by atoms with Gasteiger partial charge in [-0.2, -0.15) is 0 Å². The van der Waals surface area contributed by atoms with Crippen molar-refractivity contribution in [1.82, 2.24) is 0 Å². The van der Waals surface area contributed by atoms with Crippen molar-refractivity contribution >= 4 is 35.1 Å². The molecule has 1 amide bonds. The van der Waals surface area contributed by atoms with Crippen LogP contribution in [0.3, 0.4) is 0 Å². The van der Waals surface area contributed by atoms with E-state index in [1.807, 2.05) is 0 Å². The Hall–Kier alpha value is -2.74. The summed E-state index contributed by atoms with van der Waals surface area (Å²) >= 11 is 0.776. The molecule has 0 unspecified atom stereocenters. The Morgan fingerprint density at radius 3 is 2.42 bits per heavy atom. The summed E-state index contributed by atoms with van der Waals surface area (Å²) in [6.07, 6.45) is 0. The number of benzene rings is 2. The van der Waals surface area contributed by atoms with Gasteiger partial charge in [-0.05, 0) is 49.4 Å². The van der Waals surface area contributed by atoms with E-state index in [9.17, 15) is 23.2 Å². The van der Waals surface area contributed by atoms with Gasteiger partial charge in [0.25, 0.3) is 5.91 Å². The van der Waals surface area contributed by atoms with Crippen LogP contribution in [-0.2, 0) is 14.3 Å². The number of Topliss-reactive ketones (excluding diaryl/α,β-unsaturated/α-hetero) is 1. The maximum Gasteiger partial charge on any atom is 0.316 e. The second-order valence-electron chi connectivity index (χ2n) is 5.21. The number of nitrogens with one attached hydrogen (secondary N) is 1. The van der Waals surface area contributed by atoms with Gasteiger partial charge in [-0.1, -0.05) is 0 Å². The number of ketones is 1. The topological polar surface area (TPSA) is 72.5 Å². The molecule has 0 heterocycles. The number of rotatable bonds is 7. The van der Waals surface area contributed by atoms with Gasteiger partial charge in [-0.15, -0.1) is 11.8 Å². The number of hydrogen-bond acceptors (Lipinski definition) is 5. The number of carbonyl (C=O) groups excluding carboxylic acids is 3. The van der Waals surface area contributed by atoms with E-state index in [0.717, 1.165) is 30.0 Å². The molecule has 2 aromatic carbocycles. The quantitative estimate of drug-likeness (QED) is 0.453. The van der Waals surface area contributed by atoms with Crippen molar-refractivity contribution in [3.8, 4) is 0 Å². The average molecular weight is 379 g/mol. The Morgan fingerprint density at radius 2 is 1.77 bits per heavy atom. The summed E-state index contributed by atoms with van der Waals surface area (Å²) in [7, 11) is 0. The molecule has 26 heavy (non-hydrogen) atoms. The first-order chi connectivity index (χ1) is 12.3. The molecule has 0 aliphatic rings. The van der Waals surface area contributed by atoms with Crippen molar-refractivity contribution in [2.24, 2.45) is 0 Å². The number of thioether (sulfide) groups is 1. The van der Waals surface area contributed by atoms with Crippen molar-refractivity contribution in [3.05, 3.63) is 59.7 Å². The number of anilines is 1. The van der Waals surface area contributed by atoms with Gasteiger partial charge in [0.2, 0.25) is 0 Å². The lowest BCUT2D eigenvalue weighted by molar-refractivity contribution is -0.144. The Bertz CT molecular complexity index is 824. The molecule has 0 aliphatic heterocycles. The van der Waals surface area contributed by atoms with Crippen LogP contribution in [0.25, 0.3) is 0 Å². The lowest BCUT2D eigenvalue weighted by atomic mass is 10.1. The SMILES string of the molecule is CC(=O)c1ccc(NC(=O)COC(=O)CSc2cc(F)ccc2F)cc1. The Balaban J connectivity index is 1.76. The zero-order valence-electron chi connectivity index (χ0n) is 13.8. The third-order valence-electron chi connectivity index (χ3n) is 3.18. The second-order valence-corrected chi connectivity index (χ2v) is 6.22. The van der Waals surface area contributed by atoms with Crippen LogP contribution in [0.15, 0.2) is 47.4 Å². The van der Waals surface area contributed by atoms with Gasteiger partial charge in [-0.3, -0.25) is 14.4 Å². The summed E-state index contributed by atoms with van der Waals surface area (Å²) in [5.41, 5.74) is 0.961. The predicted molar refractivity (Wildman–Crippen MR) is 93.1 cm³/mol. The zero-order chi connectivity index (χ0) is 19.1. The highest BCUT2D eigenvalue weighted by molar-refractivity contribution is 8.00. The van der Waals surface area contributed by atoms with Gasteiger partial charge in [0, 0.05) is 16.1 Å². The fourth-order valence-corrected chi connectivity index (χ4v) is 2.66. The minimum absolute atomic E-state index is 0.0167. The van der Waals surface area contributed by atoms with Crippen LogP contribution in [0.2, 0.25) is 0 Å². The van der Waals surface area contributed by atoms with Gasteiger partial charge < -0.3 is 10.1 Å². The van der Waals surface area contributed by atoms with Crippen molar-refractivity contribution < 1.29 is 27.9 Å². The van der Waals surface area contributed by atoms with Crippen LogP contribution < -0.4 is 5.32 Å². The molecular weight excluding hydrogens is 364 g/mol. The number of esters is 1. The summed E-state index contributed by atoms with van der Waals surface area (Å²) in [4.78, 5) is 34.5. The van der Waals surface area contributed by atoms with Crippen LogP contribution in [-0.4, -0.2) is 30.0 Å². The maximum absolute atomic E-state index is 13.4. The average Bonchev–Trinajstić information content (AvgIpc) is 2.61. The molecule has 5 nitrogen and oxygen atoms in total. The van der Waals surface area contributed by atoms with E-state index in [1.54, 1.807) is 24.3 Å². The highest BCUT2D eigenvalue weighted by Gasteiger charge is 2.11. The third kappa shape index (κ3) is 5.96. The number of ether oxygens (including phenoxy) is 1. The fraction of sp³-hybridized carbons (Fsp3) is 0.167. The first-order valence-corrected chi connectivity index (χ1v) is 8.48. The second kappa shape index (κ2) is 9.10. The van der Waals surface area contributed by atoms with Crippen LogP contribution in [0, 0.1) is 11.6 Å². The standard InChI is InChI=1S/C18H15F2NO4S/c1-11(22)12-2-5-14(6-3-12)21-17(23)9-25-18(24)10-26-16-8-13(19)4-7-15(16)20/h2-8H,9-10H2,1H3,(H,21,23). The molecule has 0 fully saturated rings. The molecule has 1 N–H and O–H groups in total. The molecule has 0 atom stereocenters. The van der Waals surface area contributed by atoms with Gasteiger partial charge >= 0.3 is 5.97 Å². The number of halogens is 2. The molecule has 0 bridgehead atoms. The molecule has 2 aromatic rings. The molecular formula is C18H15F2NO4S. The lowest BCUT2D eigenvalue weighted by Gasteiger charge is -2.07. The molecule has 0 aromatic heterocycles. The van der Waals surface area contributed by atoms with Crippen molar-refractivity contribution in [1.29, 1.82) is 0 Å². The number of hydrogen-bond donors (Lipinski definition) is 1. The van der Waals surface area contributed by atoms with Crippen LogP contribution in [0.5, 0.6) is 0 Å². The maximum atomic E-state index is 13.4. The monoisotopic (exact) mass is 379 g/mol. The van der Waals surface area contributed by atoms with Crippen LogP contribution >= 0.6 is 11.8 Å². The lowest BCUT2D eigenvalue weighted by Crippen LogP contribution is -2.21. The van der Waals surface area contributed by atoms with Gasteiger partial charge in [-0.25, -0.2) is 8.78 Å². The largest absolute Gasteiger partial charge is 0.455 e. The molecule has 0 saturated heterocycles. The molecule has 0 spiro atoms. The van der Waals surface area contributed by atoms with E-state index in [4.69, 9.17) is 4.74 Å². The van der Waals surface area contributed by atoms with Gasteiger partial charge in [0.1, 0.15) is 11.6 Å². The van der Waals surface area contributed by atoms with Gasteiger partial charge in [0.15, 0.2) is 12.4 Å². The summed E-state index contributed by atoms with van der Waals surface area (Å²) in [6, 6.07) is 9.16. The van der Waals surface area contributed by atoms with Crippen molar-refractivity contribution in [3.63, 3.8) is 0 Å². The van der Waals surface area contributed by atoms with E-state index in [-0.39, 0.29) is 16.4 Å². The van der Waals surface area contributed by atoms with E-state index >= 15 is 0 Å². The summed E-state index contributed by atoms with van der Waals surface area (Å²) < 4.78 is 31.3.